The Morgan fingerprint density at radius 1 is 1.23 bits per heavy atom. The number of carbonyl (C=O) groups is 2. The lowest BCUT2D eigenvalue weighted by Crippen LogP contribution is -2.28. The Hall–Kier alpha value is -2.08. The number of likely N-dealkylation sites (N-methyl/N-ethyl adjacent to an activating group) is 1. The molecule has 2 rings (SSSR count). The number of ether oxygens (including phenoxy) is 2. The Kier molecular flexibility index (Phi) is 6.21. The van der Waals surface area contributed by atoms with Crippen LogP contribution in [0.4, 0.5) is 5.69 Å². The molecule has 1 aromatic carbocycles. The molecule has 1 aliphatic heterocycles. The Bertz CT molecular complexity index is 495. The number of hydrogen-bond donors (Lipinski definition) is 2. The molecule has 0 aromatic heterocycles. The summed E-state index contributed by atoms with van der Waals surface area (Å²) in [5.74, 6) is 0.483. The quantitative estimate of drug-likeness (QED) is 0.836. The van der Waals surface area contributed by atoms with Crippen LogP contribution in [-0.4, -0.2) is 38.2 Å². The van der Waals surface area contributed by atoms with Crippen LogP contribution >= 0.6 is 0 Å². The Morgan fingerprint density at radius 3 is 2.55 bits per heavy atom. The van der Waals surface area contributed by atoms with E-state index in [0.29, 0.717) is 25.5 Å². The highest BCUT2D eigenvalue weighted by Gasteiger charge is 2.21. The molecule has 0 saturated carbocycles. The van der Waals surface area contributed by atoms with E-state index in [2.05, 4.69) is 10.6 Å². The zero-order chi connectivity index (χ0) is 15.8. The molecule has 120 valence electrons. The van der Waals surface area contributed by atoms with E-state index in [9.17, 15) is 9.59 Å². The van der Waals surface area contributed by atoms with E-state index in [1.165, 1.54) is 0 Å². The predicted octanol–water partition coefficient (Wildman–Crippen LogP) is 1.57. The fourth-order valence-electron chi connectivity index (χ4n) is 2.24. The smallest absolute Gasteiger partial charge is 0.257 e. The van der Waals surface area contributed by atoms with Gasteiger partial charge in [-0.25, -0.2) is 0 Å². The van der Waals surface area contributed by atoms with Gasteiger partial charge in [0.2, 0.25) is 5.91 Å². The maximum atomic E-state index is 12.1. The maximum Gasteiger partial charge on any atom is 0.257 e. The molecule has 0 unspecified atom stereocenters. The van der Waals surface area contributed by atoms with Gasteiger partial charge in [-0.2, -0.15) is 0 Å². The third-order valence-electron chi connectivity index (χ3n) is 3.46. The molecule has 0 atom stereocenters. The van der Waals surface area contributed by atoms with Crippen molar-refractivity contribution in [2.24, 2.45) is 5.92 Å². The van der Waals surface area contributed by atoms with E-state index >= 15 is 0 Å². The van der Waals surface area contributed by atoms with Crippen molar-refractivity contribution >= 4 is 17.5 Å². The van der Waals surface area contributed by atoms with Gasteiger partial charge in [0, 0.05) is 31.4 Å². The van der Waals surface area contributed by atoms with Gasteiger partial charge in [-0.1, -0.05) is 0 Å². The van der Waals surface area contributed by atoms with Crippen molar-refractivity contribution in [1.29, 1.82) is 0 Å². The molecule has 6 heteroatoms. The molecule has 0 bridgehead atoms. The van der Waals surface area contributed by atoms with Crippen molar-refractivity contribution in [2.75, 3.05) is 31.7 Å². The molecule has 0 aliphatic carbocycles. The minimum absolute atomic E-state index is 0.0123. The average Bonchev–Trinajstić information content (AvgIpc) is 2.55. The first kappa shape index (κ1) is 16.3. The predicted molar refractivity (Wildman–Crippen MR) is 82.8 cm³/mol. The second-order valence-electron chi connectivity index (χ2n) is 5.14. The van der Waals surface area contributed by atoms with Crippen LogP contribution in [-0.2, 0) is 14.3 Å². The third kappa shape index (κ3) is 5.04. The third-order valence-corrected chi connectivity index (χ3v) is 3.46. The minimum Gasteiger partial charge on any atom is -0.484 e. The van der Waals surface area contributed by atoms with Gasteiger partial charge < -0.3 is 20.1 Å². The highest BCUT2D eigenvalue weighted by molar-refractivity contribution is 5.92. The maximum absolute atomic E-state index is 12.1. The van der Waals surface area contributed by atoms with Crippen molar-refractivity contribution in [3.63, 3.8) is 0 Å². The van der Waals surface area contributed by atoms with Crippen LogP contribution in [0, 0.1) is 5.92 Å². The zero-order valence-electron chi connectivity index (χ0n) is 12.8. The van der Waals surface area contributed by atoms with Crippen LogP contribution in [0.5, 0.6) is 5.75 Å². The summed E-state index contributed by atoms with van der Waals surface area (Å²) >= 11 is 0. The SMILES string of the molecule is CCNC(=O)COc1ccc(NC(=O)C2CCOCC2)cc1. The van der Waals surface area contributed by atoms with E-state index < -0.39 is 0 Å². The summed E-state index contributed by atoms with van der Waals surface area (Å²) in [5, 5.41) is 5.55. The summed E-state index contributed by atoms with van der Waals surface area (Å²) in [6, 6.07) is 7.01. The Balaban J connectivity index is 1.81. The lowest BCUT2D eigenvalue weighted by Gasteiger charge is -2.21. The highest BCUT2D eigenvalue weighted by Crippen LogP contribution is 2.19. The lowest BCUT2D eigenvalue weighted by molar-refractivity contribution is -0.123. The second-order valence-corrected chi connectivity index (χ2v) is 5.14. The number of benzene rings is 1. The fraction of sp³-hybridized carbons (Fsp3) is 0.500. The van der Waals surface area contributed by atoms with E-state index in [4.69, 9.17) is 9.47 Å². The van der Waals surface area contributed by atoms with Gasteiger partial charge in [-0.05, 0) is 44.0 Å². The molecule has 2 N–H and O–H groups in total. The van der Waals surface area contributed by atoms with Crippen LogP contribution in [0.3, 0.4) is 0 Å². The largest absolute Gasteiger partial charge is 0.484 e. The lowest BCUT2D eigenvalue weighted by atomic mass is 9.99. The van der Waals surface area contributed by atoms with Crippen molar-refractivity contribution in [3.8, 4) is 5.75 Å². The number of anilines is 1. The first-order valence-electron chi connectivity index (χ1n) is 7.57. The number of rotatable bonds is 6. The van der Waals surface area contributed by atoms with Crippen molar-refractivity contribution in [2.45, 2.75) is 19.8 Å². The van der Waals surface area contributed by atoms with Crippen LogP contribution in [0.2, 0.25) is 0 Å². The standard InChI is InChI=1S/C16H22N2O4/c1-2-17-15(19)11-22-14-5-3-13(4-6-14)18-16(20)12-7-9-21-10-8-12/h3-6,12H,2,7-11H2,1H3,(H,17,19)(H,18,20). The molecule has 1 aromatic rings. The van der Waals surface area contributed by atoms with Crippen molar-refractivity contribution in [1.82, 2.24) is 5.32 Å². The molecular weight excluding hydrogens is 284 g/mol. The monoisotopic (exact) mass is 306 g/mol. The molecule has 1 heterocycles. The van der Waals surface area contributed by atoms with Crippen molar-refractivity contribution < 1.29 is 19.1 Å². The molecule has 22 heavy (non-hydrogen) atoms. The first-order chi connectivity index (χ1) is 10.7. The summed E-state index contributed by atoms with van der Waals surface area (Å²) in [6.07, 6.45) is 1.53. The summed E-state index contributed by atoms with van der Waals surface area (Å²) in [5.41, 5.74) is 0.724. The minimum atomic E-state index is -0.153. The Labute approximate surface area is 130 Å². The molecular formula is C16H22N2O4. The normalized spacial score (nSPS) is 15.1. The van der Waals surface area contributed by atoms with Gasteiger partial charge in [-0.3, -0.25) is 9.59 Å². The van der Waals surface area contributed by atoms with Crippen molar-refractivity contribution in [3.05, 3.63) is 24.3 Å². The van der Waals surface area contributed by atoms with Gasteiger partial charge in [0.15, 0.2) is 6.61 Å². The first-order valence-corrected chi connectivity index (χ1v) is 7.57. The molecule has 0 radical (unpaired) electrons. The van der Waals surface area contributed by atoms with Gasteiger partial charge >= 0.3 is 0 Å². The molecule has 1 saturated heterocycles. The van der Waals surface area contributed by atoms with E-state index in [0.717, 1.165) is 18.5 Å². The van der Waals surface area contributed by atoms with Gasteiger partial charge in [-0.15, -0.1) is 0 Å². The Morgan fingerprint density at radius 2 is 1.91 bits per heavy atom. The molecule has 1 fully saturated rings. The second kappa shape index (κ2) is 8.38. The number of amides is 2. The van der Waals surface area contributed by atoms with E-state index in [1.54, 1.807) is 24.3 Å². The summed E-state index contributed by atoms with van der Waals surface area (Å²) in [7, 11) is 0. The van der Waals surface area contributed by atoms with Crippen LogP contribution < -0.4 is 15.4 Å². The van der Waals surface area contributed by atoms with Gasteiger partial charge in [0.25, 0.3) is 5.91 Å². The fourth-order valence-corrected chi connectivity index (χ4v) is 2.24. The highest BCUT2D eigenvalue weighted by atomic mass is 16.5. The van der Waals surface area contributed by atoms with Crippen LogP contribution in [0.25, 0.3) is 0 Å². The average molecular weight is 306 g/mol. The molecule has 0 spiro atoms. The van der Waals surface area contributed by atoms with Crippen LogP contribution in [0.1, 0.15) is 19.8 Å². The number of hydrogen-bond acceptors (Lipinski definition) is 4. The summed E-state index contributed by atoms with van der Waals surface area (Å²) in [6.45, 7) is 3.71. The van der Waals surface area contributed by atoms with Gasteiger partial charge in [0.1, 0.15) is 5.75 Å². The van der Waals surface area contributed by atoms with E-state index in [-0.39, 0.29) is 24.3 Å². The molecule has 2 amide bonds. The summed E-state index contributed by atoms with van der Waals surface area (Å²) in [4.78, 5) is 23.4. The molecule has 1 aliphatic rings. The number of carbonyl (C=O) groups excluding carboxylic acids is 2. The van der Waals surface area contributed by atoms with Gasteiger partial charge in [0.05, 0.1) is 0 Å². The van der Waals surface area contributed by atoms with E-state index in [1.807, 2.05) is 6.92 Å². The summed E-state index contributed by atoms with van der Waals surface area (Å²) < 4.78 is 10.6. The molecule has 6 nitrogen and oxygen atoms in total. The topological polar surface area (TPSA) is 76.7 Å². The number of nitrogens with one attached hydrogen (secondary N) is 2. The zero-order valence-corrected chi connectivity index (χ0v) is 12.8. The van der Waals surface area contributed by atoms with Crippen LogP contribution in [0.15, 0.2) is 24.3 Å².